The van der Waals surface area contributed by atoms with E-state index in [-0.39, 0.29) is 12.5 Å². The van der Waals surface area contributed by atoms with E-state index in [0.717, 1.165) is 0 Å². The fraction of sp³-hybridized carbons (Fsp3) is 0.0667. The van der Waals surface area contributed by atoms with Crippen LogP contribution < -0.4 is 10.1 Å². The molecule has 0 saturated carbocycles. The Bertz CT molecular complexity index is 705. The van der Waals surface area contributed by atoms with E-state index in [1.54, 1.807) is 42.5 Å². The summed E-state index contributed by atoms with van der Waals surface area (Å²) in [5.74, 6) is -0.00349. The van der Waals surface area contributed by atoms with Crippen molar-refractivity contribution in [2.45, 2.75) is 0 Å². The third-order valence-corrected chi connectivity index (χ3v) is 3.29. The van der Waals surface area contributed by atoms with Gasteiger partial charge in [-0.1, -0.05) is 40.5 Å². The molecule has 7 heteroatoms. The van der Waals surface area contributed by atoms with Gasteiger partial charge in [0.2, 0.25) is 0 Å². The summed E-state index contributed by atoms with van der Waals surface area (Å²) in [5.41, 5.74) is 1.12. The number of benzene rings is 2. The van der Waals surface area contributed by atoms with Crippen LogP contribution in [-0.4, -0.2) is 23.9 Å². The molecule has 0 aliphatic rings. The van der Waals surface area contributed by atoms with Crippen LogP contribution in [0.3, 0.4) is 0 Å². The molecule has 114 valence electrons. The Labute approximate surface area is 137 Å². The van der Waals surface area contributed by atoms with Gasteiger partial charge in [-0.3, -0.25) is 4.79 Å². The Kier molecular flexibility index (Phi) is 5.63. The van der Waals surface area contributed by atoms with Crippen LogP contribution in [0.25, 0.3) is 0 Å². The standard InChI is InChI=1S/C15H12Cl2N2O3/c16-11-3-1-2-4-13(11)19-15(20)9-22-14-6-5-10(8-18-21)7-12(14)17/h1-8,21H,9H2,(H,19,20)/b18-8+. The molecule has 22 heavy (non-hydrogen) atoms. The van der Waals surface area contributed by atoms with Gasteiger partial charge in [0.05, 0.1) is 21.9 Å². The maximum Gasteiger partial charge on any atom is 0.262 e. The number of para-hydroxylation sites is 1. The molecular weight excluding hydrogens is 327 g/mol. The van der Waals surface area contributed by atoms with Gasteiger partial charge in [0, 0.05) is 0 Å². The summed E-state index contributed by atoms with van der Waals surface area (Å²) in [5, 5.41) is 14.7. The molecule has 5 nitrogen and oxygen atoms in total. The van der Waals surface area contributed by atoms with Crippen LogP contribution in [0.5, 0.6) is 5.75 Å². The van der Waals surface area contributed by atoms with Gasteiger partial charge in [-0.25, -0.2) is 0 Å². The summed E-state index contributed by atoms with van der Waals surface area (Å²) in [6.45, 7) is -0.210. The quantitative estimate of drug-likeness (QED) is 0.494. The molecule has 2 N–H and O–H groups in total. The van der Waals surface area contributed by atoms with Crippen LogP contribution in [0.2, 0.25) is 10.0 Å². The lowest BCUT2D eigenvalue weighted by molar-refractivity contribution is -0.118. The Balaban J connectivity index is 1.95. The van der Waals surface area contributed by atoms with Crippen molar-refractivity contribution in [3.05, 3.63) is 58.1 Å². The van der Waals surface area contributed by atoms with E-state index in [1.807, 2.05) is 0 Å². The monoisotopic (exact) mass is 338 g/mol. The van der Waals surface area contributed by atoms with Gasteiger partial charge in [0.15, 0.2) is 6.61 Å². The molecule has 0 atom stereocenters. The smallest absolute Gasteiger partial charge is 0.262 e. The van der Waals surface area contributed by atoms with Gasteiger partial charge in [-0.05, 0) is 35.9 Å². The number of hydrogen-bond donors (Lipinski definition) is 2. The second kappa shape index (κ2) is 7.68. The maximum absolute atomic E-state index is 11.8. The van der Waals surface area contributed by atoms with E-state index >= 15 is 0 Å². The Morgan fingerprint density at radius 1 is 1.23 bits per heavy atom. The summed E-state index contributed by atoms with van der Waals surface area (Å²) in [6, 6.07) is 11.7. The van der Waals surface area contributed by atoms with E-state index in [0.29, 0.717) is 27.0 Å². The molecule has 0 aliphatic heterocycles. The van der Waals surface area contributed by atoms with Crippen molar-refractivity contribution in [3.8, 4) is 5.75 Å². The second-order valence-corrected chi connectivity index (χ2v) is 5.07. The van der Waals surface area contributed by atoms with Crippen molar-refractivity contribution in [1.82, 2.24) is 0 Å². The van der Waals surface area contributed by atoms with Gasteiger partial charge in [0.25, 0.3) is 5.91 Å². The number of carbonyl (C=O) groups excluding carboxylic acids is 1. The van der Waals surface area contributed by atoms with Gasteiger partial charge in [0.1, 0.15) is 5.75 Å². The third-order valence-electron chi connectivity index (χ3n) is 2.67. The van der Waals surface area contributed by atoms with Crippen LogP contribution in [0.1, 0.15) is 5.56 Å². The first-order valence-corrected chi connectivity index (χ1v) is 7.00. The van der Waals surface area contributed by atoms with Crippen LogP contribution in [-0.2, 0) is 4.79 Å². The first kappa shape index (κ1) is 16.1. The van der Waals surface area contributed by atoms with Gasteiger partial charge in [-0.15, -0.1) is 0 Å². The first-order valence-electron chi connectivity index (χ1n) is 6.24. The summed E-state index contributed by atoms with van der Waals surface area (Å²) >= 11 is 12.0. The highest BCUT2D eigenvalue weighted by Gasteiger charge is 2.08. The van der Waals surface area contributed by atoms with Crippen LogP contribution >= 0.6 is 23.2 Å². The predicted molar refractivity (Wildman–Crippen MR) is 86.4 cm³/mol. The fourth-order valence-electron chi connectivity index (χ4n) is 1.67. The van der Waals surface area contributed by atoms with E-state index in [1.165, 1.54) is 6.21 Å². The minimum absolute atomic E-state index is 0.210. The fourth-order valence-corrected chi connectivity index (χ4v) is 2.10. The first-order chi connectivity index (χ1) is 10.6. The minimum Gasteiger partial charge on any atom is -0.482 e. The van der Waals surface area contributed by atoms with Crippen molar-refractivity contribution in [2.75, 3.05) is 11.9 Å². The van der Waals surface area contributed by atoms with E-state index in [9.17, 15) is 4.79 Å². The largest absolute Gasteiger partial charge is 0.482 e. The molecular formula is C15H12Cl2N2O3. The van der Waals surface area contributed by atoms with Crippen LogP contribution in [0.15, 0.2) is 47.6 Å². The molecule has 2 aromatic carbocycles. The summed E-state index contributed by atoms with van der Waals surface area (Å²) in [7, 11) is 0. The Morgan fingerprint density at radius 3 is 2.68 bits per heavy atom. The summed E-state index contributed by atoms with van der Waals surface area (Å²) in [4.78, 5) is 11.8. The highest BCUT2D eigenvalue weighted by Crippen LogP contribution is 2.25. The number of oxime groups is 1. The van der Waals surface area contributed by atoms with Gasteiger partial charge in [-0.2, -0.15) is 0 Å². The zero-order chi connectivity index (χ0) is 15.9. The molecule has 0 fully saturated rings. The molecule has 0 saturated heterocycles. The molecule has 0 heterocycles. The van der Waals surface area contributed by atoms with E-state index in [2.05, 4.69) is 10.5 Å². The van der Waals surface area contributed by atoms with Crippen molar-refractivity contribution >= 4 is 41.0 Å². The van der Waals surface area contributed by atoms with Gasteiger partial charge >= 0.3 is 0 Å². The highest BCUT2D eigenvalue weighted by atomic mass is 35.5. The summed E-state index contributed by atoms with van der Waals surface area (Å²) < 4.78 is 5.35. The molecule has 0 radical (unpaired) electrons. The highest BCUT2D eigenvalue weighted by molar-refractivity contribution is 6.33. The number of nitrogens with zero attached hydrogens (tertiary/aromatic N) is 1. The van der Waals surface area contributed by atoms with E-state index < -0.39 is 0 Å². The third kappa shape index (κ3) is 4.38. The second-order valence-electron chi connectivity index (χ2n) is 4.25. The number of halogens is 2. The minimum atomic E-state index is -0.356. The lowest BCUT2D eigenvalue weighted by Gasteiger charge is -2.10. The average molecular weight is 339 g/mol. The Morgan fingerprint density at radius 2 is 2.00 bits per heavy atom. The average Bonchev–Trinajstić information content (AvgIpc) is 2.49. The zero-order valence-corrected chi connectivity index (χ0v) is 12.8. The van der Waals surface area contributed by atoms with Crippen molar-refractivity contribution < 1.29 is 14.7 Å². The van der Waals surface area contributed by atoms with Crippen LogP contribution in [0, 0.1) is 0 Å². The number of carbonyl (C=O) groups is 1. The van der Waals surface area contributed by atoms with E-state index in [4.69, 9.17) is 33.1 Å². The molecule has 0 spiro atoms. The number of amides is 1. The number of rotatable bonds is 5. The number of nitrogens with one attached hydrogen (secondary N) is 1. The lowest BCUT2D eigenvalue weighted by Crippen LogP contribution is -2.20. The predicted octanol–water partition coefficient (Wildman–Crippen LogP) is 3.82. The number of hydrogen-bond acceptors (Lipinski definition) is 4. The number of ether oxygens (including phenoxy) is 1. The molecule has 0 aliphatic carbocycles. The molecule has 2 aromatic rings. The normalized spacial score (nSPS) is 10.6. The van der Waals surface area contributed by atoms with Crippen molar-refractivity contribution in [3.63, 3.8) is 0 Å². The summed E-state index contributed by atoms with van der Waals surface area (Å²) in [6.07, 6.45) is 1.24. The molecule has 0 aromatic heterocycles. The maximum atomic E-state index is 11.8. The molecule has 1 amide bonds. The zero-order valence-electron chi connectivity index (χ0n) is 11.3. The van der Waals surface area contributed by atoms with Crippen molar-refractivity contribution in [2.24, 2.45) is 5.16 Å². The number of anilines is 1. The topological polar surface area (TPSA) is 70.9 Å². The molecule has 0 unspecified atom stereocenters. The van der Waals surface area contributed by atoms with Crippen LogP contribution in [0.4, 0.5) is 5.69 Å². The SMILES string of the molecule is O=C(COc1ccc(/C=N/O)cc1Cl)Nc1ccccc1Cl. The van der Waals surface area contributed by atoms with Gasteiger partial charge < -0.3 is 15.3 Å². The molecule has 0 bridgehead atoms. The molecule has 2 rings (SSSR count). The lowest BCUT2D eigenvalue weighted by atomic mass is 10.2. The Hall–Kier alpha value is -2.24. The van der Waals surface area contributed by atoms with Crippen molar-refractivity contribution in [1.29, 1.82) is 0 Å².